The number of nitrogens with zero attached hydrogens (tertiary/aromatic N) is 1. The van der Waals surface area contributed by atoms with Crippen molar-refractivity contribution in [2.45, 2.75) is 18.4 Å². The van der Waals surface area contributed by atoms with Gasteiger partial charge in [-0.2, -0.15) is 0 Å². The minimum absolute atomic E-state index is 0. The van der Waals surface area contributed by atoms with Crippen LogP contribution >= 0.6 is 23.7 Å². The number of fused-ring (bicyclic) bond motifs is 1. The molecule has 2 N–H and O–H groups in total. The molecule has 2 nitrogen and oxygen atoms in total. The predicted molar refractivity (Wildman–Crippen MR) is 87.6 cm³/mol. The van der Waals surface area contributed by atoms with Crippen LogP contribution in [-0.2, 0) is 0 Å². The molecule has 2 heterocycles. The number of nitrogens with two attached hydrogens (primary N) is 1. The van der Waals surface area contributed by atoms with Crippen LogP contribution in [0.25, 0.3) is 21.3 Å². The average Bonchev–Trinajstić information content (AvgIpc) is 3.03. The van der Waals surface area contributed by atoms with Crippen molar-refractivity contribution >= 4 is 33.8 Å². The van der Waals surface area contributed by atoms with E-state index in [1.807, 2.05) is 6.20 Å². The minimum atomic E-state index is 0. The van der Waals surface area contributed by atoms with Crippen molar-refractivity contribution < 1.29 is 0 Å². The first kappa shape index (κ1) is 13.6. The van der Waals surface area contributed by atoms with Gasteiger partial charge in [-0.15, -0.1) is 23.7 Å². The van der Waals surface area contributed by atoms with E-state index >= 15 is 0 Å². The Hall–Kier alpha value is -1.42. The number of aromatic nitrogens is 1. The first-order chi connectivity index (χ1) is 9.33. The number of rotatable bonds is 2. The Kier molecular flexibility index (Phi) is 3.50. The van der Waals surface area contributed by atoms with Crippen molar-refractivity contribution in [3.8, 4) is 11.3 Å². The lowest BCUT2D eigenvalue weighted by atomic mass is 10.1. The van der Waals surface area contributed by atoms with E-state index in [0.29, 0.717) is 12.0 Å². The normalized spacial score (nSPS) is 20.6. The topological polar surface area (TPSA) is 38.9 Å². The third kappa shape index (κ3) is 2.22. The summed E-state index contributed by atoms with van der Waals surface area (Å²) in [6.45, 7) is 0. The molecule has 4 rings (SSSR count). The van der Waals surface area contributed by atoms with E-state index < -0.39 is 0 Å². The van der Waals surface area contributed by atoms with Gasteiger partial charge in [0.1, 0.15) is 0 Å². The van der Waals surface area contributed by atoms with Crippen LogP contribution in [0.2, 0.25) is 0 Å². The molecule has 1 aliphatic rings. The summed E-state index contributed by atoms with van der Waals surface area (Å²) in [6, 6.07) is 13.1. The fourth-order valence-corrected chi connectivity index (χ4v) is 3.51. The lowest BCUT2D eigenvalue weighted by molar-refractivity contribution is 0.981. The minimum Gasteiger partial charge on any atom is -0.327 e. The molecule has 0 spiro atoms. The molecule has 2 atom stereocenters. The Bertz CT molecular complexity index is 736. The molecule has 1 aliphatic carbocycles. The van der Waals surface area contributed by atoms with Crippen LogP contribution in [0.4, 0.5) is 0 Å². The summed E-state index contributed by atoms with van der Waals surface area (Å²) in [5, 5.41) is 3.48. The third-order valence-electron chi connectivity index (χ3n) is 3.81. The summed E-state index contributed by atoms with van der Waals surface area (Å²) in [5.41, 5.74) is 9.43. The summed E-state index contributed by atoms with van der Waals surface area (Å²) in [4.78, 5) is 4.62. The fourth-order valence-electron chi connectivity index (χ4n) is 2.56. The average molecular weight is 303 g/mol. The summed E-state index contributed by atoms with van der Waals surface area (Å²) in [5.74, 6) is 0.528. The van der Waals surface area contributed by atoms with Gasteiger partial charge in [-0.25, -0.2) is 0 Å². The Labute approximate surface area is 128 Å². The number of pyridine rings is 1. The zero-order valence-corrected chi connectivity index (χ0v) is 12.5. The molecule has 20 heavy (non-hydrogen) atoms. The first-order valence-electron chi connectivity index (χ1n) is 6.51. The molecule has 1 aromatic carbocycles. The van der Waals surface area contributed by atoms with Crippen LogP contribution in [0.15, 0.2) is 48.0 Å². The molecule has 0 aliphatic heterocycles. The van der Waals surface area contributed by atoms with Crippen molar-refractivity contribution in [3.63, 3.8) is 0 Å². The molecule has 2 unspecified atom stereocenters. The highest BCUT2D eigenvalue weighted by Gasteiger charge is 2.34. The monoisotopic (exact) mass is 302 g/mol. The zero-order valence-electron chi connectivity index (χ0n) is 10.8. The second-order valence-electron chi connectivity index (χ2n) is 5.13. The number of hydrogen-bond donors (Lipinski definition) is 1. The van der Waals surface area contributed by atoms with Gasteiger partial charge >= 0.3 is 0 Å². The fraction of sp³-hybridized carbons (Fsp3) is 0.188. The number of thiophene rings is 1. The van der Waals surface area contributed by atoms with Gasteiger partial charge in [-0.3, -0.25) is 4.98 Å². The van der Waals surface area contributed by atoms with Gasteiger partial charge in [0, 0.05) is 39.2 Å². The Balaban J connectivity index is 0.00000121. The van der Waals surface area contributed by atoms with Crippen LogP contribution in [0.5, 0.6) is 0 Å². The lowest BCUT2D eigenvalue weighted by Gasteiger charge is -2.02. The van der Waals surface area contributed by atoms with Crippen molar-refractivity contribution in [2.75, 3.05) is 0 Å². The van der Waals surface area contributed by atoms with Gasteiger partial charge < -0.3 is 5.73 Å². The van der Waals surface area contributed by atoms with Gasteiger partial charge in [0.15, 0.2) is 0 Å². The maximum Gasteiger partial charge on any atom is 0.0716 e. The largest absolute Gasteiger partial charge is 0.327 e. The standard InChI is InChI=1S/C16H14N2S.ClH/c17-14-7-12(14)10-5-6-15(18-8-10)13-9-19-16-4-2-1-3-11(13)16;/h1-6,8-9,12,14H,7,17H2;1H. The number of hydrogen-bond acceptors (Lipinski definition) is 3. The maximum absolute atomic E-state index is 5.88. The Morgan fingerprint density at radius 2 is 1.95 bits per heavy atom. The Morgan fingerprint density at radius 1 is 1.15 bits per heavy atom. The highest BCUT2D eigenvalue weighted by Crippen LogP contribution is 2.39. The van der Waals surface area contributed by atoms with Crippen molar-refractivity contribution in [2.24, 2.45) is 5.73 Å². The van der Waals surface area contributed by atoms with E-state index in [1.54, 1.807) is 11.3 Å². The molecule has 102 valence electrons. The predicted octanol–water partition coefficient (Wildman–Crippen LogP) is 4.20. The summed E-state index contributed by atoms with van der Waals surface area (Å²) in [7, 11) is 0. The first-order valence-corrected chi connectivity index (χ1v) is 7.39. The third-order valence-corrected chi connectivity index (χ3v) is 4.77. The SMILES string of the molecule is Cl.NC1CC1c1ccc(-c2csc3ccccc23)nc1. The molecule has 1 fully saturated rings. The molecule has 4 heteroatoms. The van der Waals surface area contributed by atoms with E-state index in [9.17, 15) is 0 Å². The molecule has 0 saturated heterocycles. The molecule has 1 saturated carbocycles. The summed E-state index contributed by atoms with van der Waals surface area (Å²) >= 11 is 1.77. The molecule has 0 radical (unpaired) electrons. The number of benzene rings is 1. The van der Waals surface area contributed by atoms with Crippen molar-refractivity contribution in [1.29, 1.82) is 0 Å². The van der Waals surface area contributed by atoms with Crippen LogP contribution < -0.4 is 5.73 Å². The van der Waals surface area contributed by atoms with Gasteiger partial charge in [0.05, 0.1) is 5.69 Å². The Morgan fingerprint density at radius 3 is 2.65 bits per heavy atom. The van der Waals surface area contributed by atoms with E-state index in [-0.39, 0.29) is 12.4 Å². The molecule has 2 aromatic heterocycles. The highest BCUT2D eigenvalue weighted by atomic mass is 35.5. The maximum atomic E-state index is 5.88. The molecular weight excluding hydrogens is 288 g/mol. The lowest BCUT2D eigenvalue weighted by Crippen LogP contribution is -2.01. The van der Waals surface area contributed by atoms with E-state index in [4.69, 9.17) is 5.73 Å². The van der Waals surface area contributed by atoms with Gasteiger partial charge in [0.2, 0.25) is 0 Å². The van der Waals surface area contributed by atoms with E-state index in [0.717, 1.165) is 12.1 Å². The highest BCUT2D eigenvalue weighted by molar-refractivity contribution is 7.17. The van der Waals surface area contributed by atoms with Crippen LogP contribution in [-0.4, -0.2) is 11.0 Å². The van der Waals surface area contributed by atoms with Gasteiger partial charge in [0.25, 0.3) is 0 Å². The summed E-state index contributed by atoms with van der Waals surface area (Å²) < 4.78 is 1.31. The van der Waals surface area contributed by atoms with Gasteiger partial charge in [-0.1, -0.05) is 24.3 Å². The second-order valence-corrected chi connectivity index (χ2v) is 6.04. The molecule has 0 bridgehead atoms. The van der Waals surface area contributed by atoms with Crippen LogP contribution in [0.3, 0.4) is 0 Å². The molecule has 0 amide bonds. The number of halogens is 1. The van der Waals surface area contributed by atoms with Crippen LogP contribution in [0, 0.1) is 0 Å². The van der Waals surface area contributed by atoms with Crippen LogP contribution in [0.1, 0.15) is 17.9 Å². The summed E-state index contributed by atoms with van der Waals surface area (Å²) in [6.07, 6.45) is 3.09. The molecular formula is C16H15ClN2S. The second kappa shape index (κ2) is 5.17. The smallest absolute Gasteiger partial charge is 0.0716 e. The van der Waals surface area contributed by atoms with Crippen molar-refractivity contribution in [1.82, 2.24) is 4.98 Å². The van der Waals surface area contributed by atoms with Crippen molar-refractivity contribution in [3.05, 3.63) is 53.5 Å². The quantitative estimate of drug-likeness (QED) is 0.770. The molecule has 3 aromatic rings. The van der Waals surface area contributed by atoms with E-state index in [2.05, 4.69) is 46.8 Å². The zero-order chi connectivity index (χ0) is 12.8. The van der Waals surface area contributed by atoms with E-state index in [1.165, 1.54) is 21.2 Å². The van der Waals surface area contributed by atoms with Gasteiger partial charge in [-0.05, 0) is 24.1 Å².